The van der Waals surface area contributed by atoms with Crippen molar-refractivity contribution in [1.29, 1.82) is 0 Å². The van der Waals surface area contributed by atoms with E-state index in [0.29, 0.717) is 25.0 Å². The third-order valence-electron chi connectivity index (χ3n) is 5.18. The van der Waals surface area contributed by atoms with Crippen molar-refractivity contribution in [3.8, 4) is 0 Å². The summed E-state index contributed by atoms with van der Waals surface area (Å²) in [6.45, 7) is 1.76. The van der Waals surface area contributed by atoms with E-state index in [1.165, 1.54) is 24.7 Å². The maximum absolute atomic E-state index is 13.2. The van der Waals surface area contributed by atoms with E-state index < -0.39 is 11.2 Å². The molecule has 3 aromatic rings. The highest BCUT2D eigenvalue weighted by molar-refractivity contribution is 5.94. The summed E-state index contributed by atoms with van der Waals surface area (Å²) < 4.78 is 4.19. The van der Waals surface area contributed by atoms with Crippen molar-refractivity contribution in [1.82, 2.24) is 33.9 Å². The van der Waals surface area contributed by atoms with Crippen LogP contribution in [0.3, 0.4) is 0 Å². The zero-order chi connectivity index (χ0) is 20.0. The minimum absolute atomic E-state index is 0.192. The zero-order valence-electron chi connectivity index (χ0n) is 15.9. The molecule has 1 N–H and O–H groups in total. The predicted octanol–water partition coefficient (Wildman–Crippen LogP) is -0.848. The number of carbonyl (C=O) groups excluding carboxylic acids is 1. The van der Waals surface area contributed by atoms with Gasteiger partial charge in [-0.3, -0.25) is 18.7 Å². The number of rotatable bonds is 2. The van der Waals surface area contributed by atoms with E-state index in [9.17, 15) is 14.4 Å². The summed E-state index contributed by atoms with van der Waals surface area (Å²) in [5.74, 6) is 0.520. The number of nitrogens with zero attached hydrogens (tertiary/aromatic N) is 6. The van der Waals surface area contributed by atoms with Gasteiger partial charge in [-0.05, 0) is 12.1 Å². The molecule has 4 heterocycles. The highest BCUT2D eigenvalue weighted by Gasteiger charge is 2.32. The molecule has 1 fully saturated rings. The molecule has 4 rings (SSSR count). The Hall–Kier alpha value is -3.27. The van der Waals surface area contributed by atoms with Crippen LogP contribution in [0.15, 0.2) is 34.1 Å². The Morgan fingerprint density at radius 3 is 2.68 bits per heavy atom. The topological polar surface area (TPSA) is 107 Å². The molecule has 0 radical (unpaired) electrons. The lowest BCUT2D eigenvalue weighted by atomic mass is 10.1. The van der Waals surface area contributed by atoms with Crippen LogP contribution in [0.25, 0.3) is 11.0 Å². The first-order valence-corrected chi connectivity index (χ1v) is 8.96. The summed E-state index contributed by atoms with van der Waals surface area (Å²) in [7, 11) is 4.84. The van der Waals surface area contributed by atoms with Crippen LogP contribution < -0.4 is 16.6 Å². The summed E-state index contributed by atoms with van der Waals surface area (Å²) >= 11 is 0. The van der Waals surface area contributed by atoms with Crippen molar-refractivity contribution in [2.75, 3.05) is 19.6 Å². The van der Waals surface area contributed by atoms with E-state index in [4.69, 9.17) is 0 Å². The number of amides is 1. The van der Waals surface area contributed by atoms with Gasteiger partial charge in [0.1, 0.15) is 23.2 Å². The van der Waals surface area contributed by atoms with Gasteiger partial charge in [-0.25, -0.2) is 14.8 Å². The maximum Gasteiger partial charge on any atom is 0.332 e. The number of carbonyl (C=O) groups is 1. The smallest absolute Gasteiger partial charge is 0.332 e. The van der Waals surface area contributed by atoms with Gasteiger partial charge in [-0.15, -0.1) is 0 Å². The molecule has 0 bridgehead atoms. The number of hydrogen-bond donors (Lipinski definition) is 1. The van der Waals surface area contributed by atoms with Crippen molar-refractivity contribution in [3.05, 3.63) is 56.9 Å². The Morgan fingerprint density at radius 2 is 1.96 bits per heavy atom. The van der Waals surface area contributed by atoms with Crippen molar-refractivity contribution in [2.24, 2.45) is 21.1 Å². The molecule has 28 heavy (non-hydrogen) atoms. The molecule has 146 valence electrons. The lowest BCUT2D eigenvalue weighted by molar-refractivity contribution is 0.0615. The lowest BCUT2D eigenvalue weighted by Crippen LogP contribution is -2.49. The van der Waals surface area contributed by atoms with Crippen molar-refractivity contribution in [3.63, 3.8) is 0 Å². The van der Waals surface area contributed by atoms with Gasteiger partial charge in [-0.2, -0.15) is 0 Å². The monoisotopic (exact) mass is 383 g/mol. The first kappa shape index (κ1) is 18.1. The molecule has 0 spiro atoms. The minimum atomic E-state index is -0.484. The third kappa shape index (κ3) is 2.73. The van der Waals surface area contributed by atoms with Crippen LogP contribution in [0.1, 0.15) is 22.4 Å². The van der Waals surface area contributed by atoms with Gasteiger partial charge in [-0.1, -0.05) is 0 Å². The van der Waals surface area contributed by atoms with Crippen LogP contribution in [-0.4, -0.2) is 54.1 Å². The Kier molecular flexibility index (Phi) is 4.34. The van der Waals surface area contributed by atoms with Gasteiger partial charge in [0, 0.05) is 53.2 Å². The largest absolute Gasteiger partial charge is 0.336 e. The first-order valence-electron chi connectivity index (χ1n) is 8.96. The summed E-state index contributed by atoms with van der Waals surface area (Å²) in [5, 5.41) is 3.58. The normalized spacial score (nSPS) is 17.2. The molecule has 0 aliphatic carbocycles. The van der Waals surface area contributed by atoms with E-state index in [-0.39, 0.29) is 23.3 Å². The van der Waals surface area contributed by atoms with Crippen LogP contribution in [-0.2, 0) is 21.1 Å². The molecule has 1 aliphatic rings. The fraction of sp³-hybridized carbons (Fsp3) is 0.389. The average Bonchev–Trinajstić information content (AvgIpc) is 3.15. The zero-order valence-corrected chi connectivity index (χ0v) is 15.9. The molecular formula is C18H21N7O3. The Balaban J connectivity index is 1.79. The number of aromatic nitrogens is 5. The summed E-state index contributed by atoms with van der Waals surface area (Å²) in [6, 6.07) is 2.86. The molecule has 1 amide bonds. The lowest BCUT2D eigenvalue weighted by Gasteiger charge is -2.35. The van der Waals surface area contributed by atoms with Gasteiger partial charge < -0.3 is 14.8 Å². The van der Waals surface area contributed by atoms with E-state index in [1.54, 1.807) is 17.2 Å². The van der Waals surface area contributed by atoms with E-state index >= 15 is 0 Å². The molecule has 3 aromatic heterocycles. The Bertz CT molecular complexity index is 1190. The molecular weight excluding hydrogens is 362 g/mol. The number of pyridine rings is 1. The van der Waals surface area contributed by atoms with Gasteiger partial charge >= 0.3 is 5.69 Å². The van der Waals surface area contributed by atoms with E-state index in [1.807, 2.05) is 17.8 Å². The first-order chi connectivity index (χ1) is 13.4. The van der Waals surface area contributed by atoms with Gasteiger partial charge in [0.15, 0.2) is 0 Å². The molecule has 1 saturated heterocycles. The SMILES string of the molecule is Cn1ccnc1C1CNCCN1C(=O)c1ccc2c(=O)n(C)c(=O)n(C)c2n1. The van der Waals surface area contributed by atoms with E-state index in [2.05, 4.69) is 15.3 Å². The number of aryl methyl sites for hydroxylation is 2. The van der Waals surface area contributed by atoms with E-state index in [0.717, 1.165) is 10.4 Å². The molecule has 1 unspecified atom stereocenters. The van der Waals surface area contributed by atoms with Crippen LogP contribution in [0.5, 0.6) is 0 Å². The van der Waals surface area contributed by atoms with Gasteiger partial charge in [0.05, 0.1) is 5.39 Å². The summed E-state index contributed by atoms with van der Waals surface area (Å²) in [5.41, 5.74) is -0.528. The number of nitrogens with one attached hydrogen (secondary N) is 1. The van der Waals surface area contributed by atoms with Gasteiger partial charge in [0.2, 0.25) is 0 Å². The quantitative estimate of drug-likeness (QED) is 0.618. The number of fused-ring (bicyclic) bond motifs is 1. The Labute approximate surface area is 160 Å². The molecule has 0 aromatic carbocycles. The molecule has 1 aliphatic heterocycles. The highest BCUT2D eigenvalue weighted by Crippen LogP contribution is 2.22. The van der Waals surface area contributed by atoms with Crippen molar-refractivity contribution < 1.29 is 4.79 Å². The molecule has 10 nitrogen and oxygen atoms in total. The second kappa shape index (κ2) is 6.71. The molecule has 0 saturated carbocycles. The number of piperazine rings is 1. The maximum atomic E-state index is 13.2. The number of hydrogen-bond acceptors (Lipinski definition) is 6. The second-order valence-corrected chi connectivity index (χ2v) is 6.89. The standard InChI is InChI=1S/C18H21N7O3/c1-22-8-7-20-15(22)13-10-19-6-9-25(13)17(27)12-5-4-11-14(21-12)23(2)18(28)24(3)16(11)26/h4-5,7-8,13,19H,6,9-10H2,1-3H3. The van der Waals surface area contributed by atoms with Crippen LogP contribution in [0, 0.1) is 0 Å². The predicted molar refractivity (Wildman–Crippen MR) is 102 cm³/mol. The fourth-order valence-corrected chi connectivity index (χ4v) is 3.60. The van der Waals surface area contributed by atoms with Crippen LogP contribution in [0.2, 0.25) is 0 Å². The third-order valence-corrected chi connectivity index (χ3v) is 5.18. The van der Waals surface area contributed by atoms with Crippen LogP contribution in [0.4, 0.5) is 0 Å². The van der Waals surface area contributed by atoms with Crippen molar-refractivity contribution >= 4 is 16.9 Å². The average molecular weight is 383 g/mol. The molecule has 1 atom stereocenters. The number of imidazole rings is 1. The summed E-state index contributed by atoms with van der Waals surface area (Å²) in [4.78, 5) is 48.2. The highest BCUT2D eigenvalue weighted by atomic mass is 16.2. The van der Waals surface area contributed by atoms with Crippen LogP contribution >= 0.6 is 0 Å². The second-order valence-electron chi connectivity index (χ2n) is 6.89. The summed E-state index contributed by atoms with van der Waals surface area (Å²) in [6.07, 6.45) is 3.54. The molecule has 10 heteroatoms. The fourth-order valence-electron chi connectivity index (χ4n) is 3.60. The Morgan fingerprint density at radius 1 is 1.18 bits per heavy atom. The van der Waals surface area contributed by atoms with Gasteiger partial charge in [0.25, 0.3) is 11.5 Å². The van der Waals surface area contributed by atoms with Crippen molar-refractivity contribution in [2.45, 2.75) is 6.04 Å². The minimum Gasteiger partial charge on any atom is -0.336 e.